The summed E-state index contributed by atoms with van der Waals surface area (Å²) in [5.74, 6) is -0.584. The summed E-state index contributed by atoms with van der Waals surface area (Å²) in [6, 6.07) is 23.9. The highest BCUT2D eigenvalue weighted by Crippen LogP contribution is 2.24. The van der Waals surface area contributed by atoms with Crippen LogP contribution in [0.1, 0.15) is 24.0 Å². The number of halogens is 3. The standard InChI is InChI=1S/C29H34N4O4S.C2HF3O2/c1-32(22-18-23-10-12-24(13-11-23)29-30-19-20-31-29)28(34)9-6-21-33(2)38(35,36)27-16-14-26(15-17-27)37-25-7-4-3-5-8-25;3-2(4,5)1(6)7/h3-5,7-8,10-17H,6,9,18-22H2,1-2H3,(H,30,31);(H,6,7). The van der Waals surface area contributed by atoms with E-state index in [4.69, 9.17) is 14.6 Å². The normalized spacial score (nSPS) is 12.9. The molecule has 0 aromatic heterocycles. The van der Waals surface area contributed by atoms with Crippen LogP contribution in [0.15, 0.2) is 88.8 Å². The predicted molar refractivity (Wildman–Crippen MR) is 163 cm³/mol. The molecule has 1 aliphatic rings. The Labute approximate surface area is 260 Å². The number of sulfonamides is 1. The molecule has 1 aliphatic heterocycles. The maximum atomic E-state index is 13.0. The van der Waals surface area contributed by atoms with Crippen LogP contribution in [0.4, 0.5) is 13.2 Å². The Morgan fingerprint density at radius 3 is 2.09 bits per heavy atom. The highest BCUT2D eigenvalue weighted by molar-refractivity contribution is 7.89. The summed E-state index contributed by atoms with van der Waals surface area (Å²) >= 11 is 0. The van der Waals surface area contributed by atoms with E-state index in [9.17, 15) is 26.4 Å². The lowest BCUT2D eigenvalue weighted by atomic mass is 10.1. The van der Waals surface area contributed by atoms with Gasteiger partial charge < -0.3 is 20.1 Å². The zero-order chi connectivity index (χ0) is 33.0. The third-order valence-corrected chi connectivity index (χ3v) is 8.55. The van der Waals surface area contributed by atoms with Crippen molar-refractivity contribution in [1.29, 1.82) is 0 Å². The summed E-state index contributed by atoms with van der Waals surface area (Å²) < 4.78 is 64.7. The molecular formula is C31H35F3N4O6S. The second-order valence-corrected chi connectivity index (χ2v) is 12.1. The van der Waals surface area contributed by atoms with Gasteiger partial charge in [0.15, 0.2) is 0 Å². The smallest absolute Gasteiger partial charge is 0.475 e. The lowest BCUT2D eigenvalue weighted by Crippen LogP contribution is -2.31. The van der Waals surface area contributed by atoms with Gasteiger partial charge in [-0.25, -0.2) is 17.5 Å². The van der Waals surface area contributed by atoms with Gasteiger partial charge in [-0.15, -0.1) is 0 Å². The first-order valence-electron chi connectivity index (χ1n) is 14.0. The van der Waals surface area contributed by atoms with E-state index in [1.54, 1.807) is 24.1 Å². The van der Waals surface area contributed by atoms with Crippen molar-refractivity contribution in [1.82, 2.24) is 14.5 Å². The Balaban J connectivity index is 0.000000707. The van der Waals surface area contributed by atoms with Crippen LogP contribution in [-0.2, 0) is 26.0 Å². The van der Waals surface area contributed by atoms with Crippen molar-refractivity contribution in [3.05, 3.63) is 90.0 Å². The lowest BCUT2D eigenvalue weighted by molar-refractivity contribution is -0.192. The van der Waals surface area contributed by atoms with Gasteiger partial charge in [0.05, 0.1) is 11.4 Å². The average molecular weight is 649 g/mol. The van der Waals surface area contributed by atoms with Gasteiger partial charge >= 0.3 is 12.1 Å². The molecule has 1 amide bonds. The molecule has 0 unspecified atom stereocenters. The zero-order valence-corrected chi connectivity index (χ0v) is 25.6. The molecule has 3 aromatic carbocycles. The first kappa shape index (κ1) is 35.1. The number of benzene rings is 3. The fourth-order valence-electron chi connectivity index (χ4n) is 4.09. The van der Waals surface area contributed by atoms with Crippen molar-refractivity contribution in [2.75, 3.05) is 40.3 Å². The van der Waals surface area contributed by atoms with Gasteiger partial charge in [-0.2, -0.15) is 13.2 Å². The molecule has 10 nitrogen and oxygen atoms in total. The molecule has 2 N–H and O–H groups in total. The van der Waals surface area contributed by atoms with Crippen LogP contribution < -0.4 is 10.1 Å². The first-order chi connectivity index (χ1) is 21.3. The molecule has 0 atom stereocenters. The van der Waals surface area contributed by atoms with Crippen LogP contribution in [0.5, 0.6) is 11.5 Å². The minimum atomic E-state index is -5.08. The number of nitrogens with zero attached hydrogens (tertiary/aromatic N) is 3. The molecule has 0 fully saturated rings. The number of carbonyl (C=O) groups excluding carboxylic acids is 1. The maximum Gasteiger partial charge on any atom is 0.490 e. The molecule has 3 aromatic rings. The fourth-order valence-corrected chi connectivity index (χ4v) is 5.30. The molecule has 45 heavy (non-hydrogen) atoms. The summed E-state index contributed by atoms with van der Waals surface area (Å²) in [6.45, 7) is 2.54. The maximum absolute atomic E-state index is 13.0. The Morgan fingerprint density at radius 1 is 0.933 bits per heavy atom. The molecule has 0 saturated heterocycles. The van der Waals surface area contributed by atoms with E-state index in [1.807, 2.05) is 30.3 Å². The van der Waals surface area contributed by atoms with Crippen LogP contribution in [0.3, 0.4) is 0 Å². The number of likely N-dealkylation sites (N-methyl/N-ethyl adjacent to an activating group) is 1. The third-order valence-electron chi connectivity index (χ3n) is 6.68. The molecular weight excluding hydrogens is 613 g/mol. The summed E-state index contributed by atoms with van der Waals surface area (Å²) in [5, 5.41) is 10.4. The molecule has 14 heteroatoms. The highest BCUT2D eigenvalue weighted by Gasteiger charge is 2.38. The number of aliphatic imine (C=N–C) groups is 1. The van der Waals surface area contributed by atoms with E-state index < -0.39 is 22.2 Å². The number of amidine groups is 1. The van der Waals surface area contributed by atoms with E-state index >= 15 is 0 Å². The predicted octanol–water partition coefficient (Wildman–Crippen LogP) is 4.56. The van der Waals surface area contributed by atoms with Crippen molar-refractivity contribution < 1.29 is 41.0 Å². The van der Waals surface area contributed by atoms with Gasteiger partial charge in [-0.3, -0.25) is 9.79 Å². The number of nitrogens with one attached hydrogen (secondary N) is 1. The molecule has 242 valence electrons. The molecule has 0 spiro atoms. The first-order valence-corrected chi connectivity index (χ1v) is 15.4. The molecule has 1 heterocycles. The highest BCUT2D eigenvalue weighted by atomic mass is 32.2. The number of amides is 1. The Bertz CT molecular complexity index is 1550. The summed E-state index contributed by atoms with van der Waals surface area (Å²) in [4.78, 5) is 27.8. The monoisotopic (exact) mass is 648 g/mol. The largest absolute Gasteiger partial charge is 0.490 e. The van der Waals surface area contributed by atoms with Crippen LogP contribution >= 0.6 is 0 Å². The summed E-state index contributed by atoms with van der Waals surface area (Å²) in [5.41, 5.74) is 2.23. The molecule has 0 radical (unpaired) electrons. The van der Waals surface area contributed by atoms with E-state index in [-0.39, 0.29) is 23.8 Å². The second-order valence-electron chi connectivity index (χ2n) is 10.0. The van der Waals surface area contributed by atoms with E-state index in [2.05, 4.69) is 34.6 Å². The number of rotatable bonds is 12. The van der Waals surface area contributed by atoms with Gasteiger partial charge in [0.2, 0.25) is 15.9 Å². The number of hydrogen-bond donors (Lipinski definition) is 2. The number of carboxylic acid groups (broad SMARTS) is 1. The van der Waals surface area contributed by atoms with Crippen molar-refractivity contribution in [3.63, 3.8) is 0 Å². The zero-order valence-electron chi connectivity index (χ0n) is 24.8. The van der Waals surface area contributed by atoms with E-state index in [0.29, 0.717) is 24.5 Å². The average Bonchev–Trinajstić information content (AvgIpc) is 3.56. The number of alkyl halides is 3. The van der Waals surface area contributed by atoms with Gasteiger partial charge in [-0.05, 0) is 54.8 Å². The summed E-state index contributed by atoms with van der Waals surface area (Å²) in [6.07, 6.45) is -3.61. The van der Waals surface area contributed by atoms with Gasteiger partial charge in [-0.1, -0.05) is 42.5 Å². The molecule has 0 bridgehead atoms. The third kappa shape index (κ3) is 10.9. The SMILES string of the molecule is CN(CCc1ccc(C2=NCCN2)cc1)C(=O)CCCN(C)S(=O)(=O)c1ccc(Oc2ccccc2)cc1.O=C(O)C(F)(F)F. The number of carbonyl (C=O) groups is 2. The molecule has 0 aliphatic carbocycles. The number of hydrogen-bond acceptors (Lipinski definition) is 7. The van der Waals surface area contributed by atoms with Crippen LogP contribution in [-0.4, -0.2) is 86.9 Å². The van der Waals surface area contributed by atoms with Gasteiger partial charge in [0.1, 0.15) is 17.3 Å². The fraction of sp³-hybridized carbons (Fsp3) is 0.323. The molecule has 0 saturated carbocycles. The number of ether oxygens (including phenoxy) is 1. The Morgan fingerprint density at radius 2 is 1.53 bits per heavy atom. The van der Waals surface area contributed by atoms with Gasteiger partial charge in [0.25, 0.3) is 0 Å². The number of carboxylic acids is 1. The van der Waals surface area contributed by atoms with E-state index in [0.717, 1.165) is 36.5 Å². The number of para-hydroxylation sites is 1. The van der Waals surface area contributed by atoms with Crippen molar-refractivity contribution in [3.8, 4) is 11.5 Å². The van der Waals surface area contributed by atoms with Crippen molar-refractivity contribution in [2.24, 2.45) is 4.99 Å². The summed E-state index contributed by atoms with van der Waals surface area (Å²) in [7, 11) is -0.342. The van der Waals surface area contributed by atoms with Gasteiger partial charge in [0, 0.05) is 45.7 Å². The quantitative estimate of drug-likeness (QED) is 0.295. The number of aliphatic carboxylic acids is 1. The topological polar surface area (TPSA) is 129 Å². The van der Waals surface area contributed by atoms with Crippen molar-refractivity contribution in [2.45, 2.75) is 30.3 Å². The Kier molecular flexibility index (Phi) is 12.5. The van der Waals surface area contributed by atoms with Crippen LogP contribution in [0.2, 0.25) is 0 Å². The van der Waals surface area contributed by atoms with Crippen LogP contribution in [0, 0.1) is 0 Å². The Hall–Kier alpha value is -4.43. The minimum Gasteiger partial charge on any atom is -0.475 e. The second kappa shape index (κ2) is 16.0. The van der Waals surface area contributed by atoms with Crippen molar-refractivity contribution >= 4 is 27.7 Å². The minimum absolute atomic E-state index is 0.000608. The molecule has 4 rings (SSSR count). The van der Waals surface area contributed by atoms with Crippen LogP contribution in [0.25, 0.3) is 0 Å². The lowest BCUT2D eigenvalue weighted by Gasteiger charge is -2.20. The van der Waals surface area contributed by atoms with E-state index in [1.165, 1.54) is 23.5 Å².